The lowest BCUT2D eigenvalue weighted by molar-refractivity contribution is -0.144. The molecule has 0 bridgehead atoms. The zero-order valence-electron chi connectivity index (χ0n) is 8.66. The third kappa shape index (κ3) is 2.25. The number of hydrogen-bond acceptors (Lipinski definition) is 3. The molecule has 0 aromatic heterocycles. The first kappa shape index (κ1) is 11.5. The Morgan fingerprint density at radius 3 is 2.86 bits per heavy atom. The van der Waals surface area contributed by atoms with Crippen molar-refractivity contribution in [2.75, 3.05) is 13.7 Å². The van der Waals surface area contributed by atoms with Crippen LogP contribution in [0.25, 0.3) is 0 Å². The first-order valence-corrected chi connectivity index (χ1v) is 5.09. The molecular weight excluding hydrogens is 182 g/mol. The van der Waals surface area contributed by atoms with Crippen molar-refractivity contribution in [3.63, 3.8) is 0 Å². The summed E-state index contributed by atoms with van der Waals surface area (Å²) in [6, 6.07) is 0. The first-order valence-electron chi connectivity index (χ1n) is 5.09. The molecule has 1 aliphatic rings. The van der Waals surface area contributed by atoms with Gasteiger partial charge in [-0.1, -0.05) is 12.8 Å². The fraction of sp³-hybridized carbons (Fsp3) is 0.900. The van der Waals surface area contributed by atoms with Crippen molar-refractivity contribution in [2.45, 2.75) is 38.2 Å². The van der Waals surface area contributed by atoms with Gasteiger partial charge in [-0.2, -0.15) is 0 Å². The predicted octanol–water partition coefficient (Wildman–Crippen LogP) is 0.995. The maximum Gasteiger partial charge on any atom is 0.304 e. The first-order chi connectivity index (χ1) is 6.64. The van der Waals surface area contributed by atoms with Crippen LogP contribution < -0.4 is 5.73 Å². The standard InChI is InChI=1S/C10H19NO3/c1-14-8-4-2-3-5-10(8,7-11)6-9(12)13/h8H,2-7,11H2,1H3,(H,12,13)/t8-,10-/m0/s1. The van der Waals surface area contributed by atoms with E-state index in [1.165, 1.54) is 0 Å². The molecule has 4 nitrogen and oxygen atoms in total. The molecule has 0 aromatic carbocycles. The van der Waals surface area contributed by atoms with Gasteiger partial charge < -0.3 is 15.6 Å². The summed E-state index contributed by atoms with van der Waals surface area (Å²) in [5.74, 6) is -0.778. The SMILES string of the molecule is CO[C@H]1CCCC[C@@]1(CN)CC(=O)O. The highest BCUT2D eigenvalue weighted by Crippen LogP contribution is 2.40. The number of carboxylic acid groups (broad SMARTS) is 1. The van der Waals surface area contributed by atoms with Crippen molar-refractivity contribution in [3.8, 4) is 0 Å². The second-order valence-corrected chi connectivity index (χ2v) is 4.11. The van der Waals surface area contributed by atoms with E-state index in [1.54, 1.807) is 7.11 Å². The molecule has 1 aliphatic carbocycles. The molecule has 14 heavy (non-hydrogen) atoms. The predicted molar refractivity (Wildman–Crippen MR) is 53.0 cm³/mol. The molecule has 0 saturated heterocycles. The highest BCUT2D eigenvalue weighted by molar-refractivity contribution is 5.68. The fourth-order valence-electron chi connectivity index (χ4n) is 2.45. The van der Waals surface area contributed by atoms with Crippen LogP contribution in [-0.4, -0.2) is 30.8 Å². The van der Waals surface area contributed by atoms with Crippen LogP contribution in [0.4, 0.5) is 0 Å². The molecule has 1 saturated carbocycles. The highest BCUT2D eigenvalue weighted by Gasteiger charge is 2.41. The summed E-state index contributed by atoms with van der Waals surface area (Å²) in [7, 11) is 1.64. The van der Waals surface area contributed by atoms with Crippen LogP contribution in [0.5, 0.6) is 0 Å². The smallest absolute Gasteiger partial charge is 0.304 e. The van der Waals surface area contributed by atoms with E-state index in [1.807, 2.05) is 0 Å². The quantitative estimate of drug-likeness (QED) is 0.711. The Balaban J connectivity index is 2.75. The Labute approximate surface area is 84.4 Å². The van der Waals surface area contributed by atoms with Gasteiger partial charge in [0.25, 0.3) is 0 Å². The molecule has 0 spiro atoms. The second-order valence-electron chi connectivity index (χ2n) is 4.11. The monoisotopic (exact) mass is 201 g/mol. The number of carboxylic acids is 1. The zero-order valence-corrected chi connectivity index (χ0v) is 8.66. The van der Waals surface area contributed by atoms with E-state index in [0.29, 0.717) is 6.54 Å². The number of hydrogen-bond donors (Lipinski definition) is 2. The number of ether oxygens (including phenoxy) is 1. The Morgan fingerprint density at radius 1 is 1.64 bits per heavy atom. The van der Waals surface area contributed by atoms with E-state index in [0.717, 1.165) is 25.7 Å². The fourth-order valence-corrected chi connectivity index (χ4v) is 2.45. The summed E-state index contributed by atoms with van der Waals surface area (Å²) in [5, 5.41) is 8.86. The molecule has 0 aliphatic heterocycles. The topological polar surface area (TPSA) is 72.5 Å². The summed E-state index contributed by atoms with van der Waals surface area (Å²) in [5.41, 5.74) is 5.37. The van der Waals surface area contributed by atoms with Crippen molar-refractivity contribution in [1.82, 2.24) is 0 Å². The van der Waals surface area contributed by atoms with Gasteiger partial charge >= 0.3 is 5.97 Å². The average Bonchev–Trinajstić information content (AvgIpc) is 2.17. The van der Waals surface area contributed by atoms with Crippen molar-refractivity contribution in [3.05, 3.63) is 0 Å². The lowest BCUT2D eigenvalue weighted by atomic mass is 9.69. The molecule has 0 radical (unpaired) electrons. The third-order valence-electron chi connectivity index (χ3n) is 3.27. The van der Waals surface area contributed by atoms with Crippen molar-refractivity contribution >= 4 is 5.97 Å². The average molecular weight is 201 g/mol. The molecule has 0 heterocycles. The van der Waals surface area contributed by atoms with Gasteiger partial charge in [-0.15, -0.1) is 0 Å². The normalized spacial score (nSPS) is 32.9. The maximum absolute atomic E-state index is 10.8. The molecule has 0 aromatic rings. The minimum absolute atomic E-state index is 0.0114. The zero-order chi connectivity index (χ0) is 10.6. The van der Waals surface area contributed by atoms with Gasteiger partial charge in [0.15, 0.2) is 0 Å². The Hall–Kier alpha value is -0.610. The minimum atomic E-state index is -0.778. The summed E-state index contributed by atoms with van der Waals surface area (Å²) in [4.78, 5) is 10.8. The van der Waals surface area contributed by atoms with Gasteiger partial charge in [-0.3, -0.25) is 4.79 Å². The molecule has 1 rings (SSSR count). The van der Waals surface area contributed by atoms with Crippen LogP contribution in [0.3, 0.4) is 0 Å². The number of rotatable bonds is 4. The lowest BCUT2D eigenvalue weighted by Crippen LogP contribution is -2.46. The van der Waals surface area contributed by atoms with Gasteiger partial charge in [0, 0.05) is 19.1 Å². The molecule has 2 atom stereocenters. The van der Waals surface area contributed by atoms with E-state index in [-0.39, 0.29) is 17.9 Å². The lowest BCUT2D eigenvalue weighted by Gasteiger charge is -2.41. The Kier molecular flexibility index (Phi) is 3.89. The van der Waals surface area contributed by atoms with Crippen molar-refractivity contribution in [1.29, 1.82) is 0 Å². The molecule has 4 heteroatoms. The summed E-state index contributed by atoms with van der Waals surface area (Å²) >= 11 is 0. The summed E-state index contributed by atoms with van der Waals surface area (Å²) in [6.45, 7) is 0.401. The van der Waals surface area contributed by atoms with Crippen LogP contribution >= 0.6 is 0 Å². The molecule has 82 valence electrons. The number of aliphatic carboxylic acids is 1. The minimum Gasteiger partial charge on any atom is -0.481 e. The molecular formula is C10H19NO3. The van der Waals surface area contributed by atoms with Crippen molar-refractivity contribution < 1.29 is 14.6 Å². The van der Waals surface area contributed by atoms with Crippen LogP contribution in [-0.2, 0) is 9.53 Å². The maximum atomic E-state index is 10.8. The van der Waals surface area contributed by atoms with E-state index in [4.69, 9.17) is 15.6 Å². The van der Waals surface area contributed by atoms with E-state index in [2.05, 4.69) is 0 Å². The Morgan fingerprint density at radius 2 is 2.36 bits per heavy atom. The van der Waals surface area contributed by atoms with Gasteiger partial charge in [-0.05, 0) is 12.8 Å². The van der Waals surface area contributed by atoms with Gasteiger partial charge in [0.1, 0.15) is 0 Å². The Bertz CT molecular complexity index is 208. The molecule has 1 fully saturated rings. The van der Waals surface area contributed by atoms with Crippen LogP contribution in [0, 0.1) is 5.41 Å². The van der Waals surface area contributed by atoms with Crippen LogP contribution in [0.15, 0.2) is 0 Å². The summed E-state index contributed by atoms with van der Waals surface area (Å²) in [6.07, 6.45) is 4.11. The summed E-state index contributed by atoms with van der Waals surface area (Å²) < 4.78 is 5.36. The van der Waals surface area contributed by atoms with Gasteiger partial charge in [-0.25, -0.2) is 0 Å². The molecule has 0 amide bonds. The van der Waals surface area contributed by atoms with Crippen LogP contribution in [0.2, 0.25) is 0 Å². The van der Waals surface area contributed by atoms with Gasteiger partial charge in [0.2, 0.25) is 0 Å². The van der Waals surface area contributed by atoms with Crippen LogP contribution in [0.1, 0.15) is 32.1 Å². The number of methoxy groups -OCH3 is 1. The highest BCUT2D eigenvalue weighted by atomic mass is 16.5. The molecule has 0 unspecified atom stereocenters. The largest absolute Gasteiger partial charge is 0.481 e. The van der Waals surface area contributed by atoms with Crippen molar-refractivity contribution in [2.24, 2.45) is 11.1 Å². The second kappa shape index (κ2) is 4.75. The van der Waals surface area contributed by atoms with E-state index >= 15 is 0 Å². The third-order valence-corrected chi connectivity index (χ3v) is 3.27. The number of carbonyl (C=O) groups is 1. The number of nitrogens with two attached hydrogens (primary N) is 1. The van der Waals surface area contributed by atoms with E-state index in [9.17, 15) is 4.79 Å². The van der Waals surface area contributed by atoms with Gasteiger partial charge in [0.05, 0.1) is 12.5 Å². The van der Waals surface area contributed by atoms with E-state index < -0.39 is 5.97 Å². The molecule has 3 N–H and O–H groups in total.